The predicted octanol–water partition coefficient (Wildman–Crippen LogP) is 3.19. The predicted molar refractivity (Wildman–Crippen MR) is 66.5 cm³/mol. The first kappa shape index (κ1) is 15.3. The van der Waals surface area contributed by atoms with Crippen molar-refractivity contribution in [3.8, 4) is 0 Å². The molecule has 0 saturated carbocycles. The molecule has 1 aliphatic rings. The fourth-order valence-corrected chi connectivity index (χ4v) is 2.44. The Morgan fingerprint density at radius 3 is 2.60 bits per heavy atom. The number of alkyl halides is 3. The molecule has 1 N–H and O–H groups in total. The summed E-state index contributed by atoms with van der Waals surface area (Å²) in [5.74, 6) is -1.23. The Balaban J connectivity index is 2.05. The van der Waals surface area contributed by atoms with Gasteiger partial charge in [0.25, 0.3) is 0 Å². The molecule has 1 heterocycles. The lowest BCUT2D eigenvalue weighted by Crippen LogP contribution is -2.24. The summed E-state index contributed by atoms with van der Waals surface area (Å²) < 4.78 is 50.8. The van der Waals surface area contributed by atoms with Gasteiger partial charge in [0.15, 0.2) is 0 Å². The second kappa shape index (κ2) is 6.10. The van der Waals surface area contributed by atoms with E-state index in [1.807, 2.05) is 4.90 Å². The maximum atomic E-state index is 13.5. The number of likely N-dealkylation sites (tertiary alicyclic amines) is 1. The van der Waals surface area contributed by atoms with E-state index in [0.717, 1.165) is 31.5 Å². The molecular weight excluding hydrogens is 274 g/mol. The molecule has 1 fully saturated rings. The number of nitrogens with zero attached hydrogens (tertiary/aromatic N) is 1. The second-order valence-corrected chi connectivity index (χ2v) is 5.17. The highest BCUT2D eigenvalue weighted by atomic mass is 19.4. The molecule has 1 aromatic rings. The van der Waals surface area contributed by atoms with Crippen LogP contribution in [0.5, 0.6) is 0 Å². The molecule has 20 heavy (non-hydrogen) atoms. The minimum atomic E-state index is -4.66. The number of benzene rings is 1. The minimum Gasteiger partial charge on any atom is -0.393 e. The van der Waals surface area contributed by atoms with Crippen molar-refractivity contribution in [2.45, 2.75) is 38.1 Å². The molecule has 2 rings (SSSR count). The molecule has 1 saturated heterocycles. The average molecular weight is 291 g/mol. The van der Waals surface area contributed by atoms with Crippen molar-refractivity contribution in [1.29, 1.82) is 0 Å². The Kier molecular flexibility index (Phi) is 4.65. The van der Waals surface area contributed by atoms with Crippen LogP contribution in [0, 0.1) is 5.82 Å². The van der Waals surface area contributed by atoms with E-state index in [-0.39, 0.29) is 6.10 Å². The first-order chi connectivity index (χ1) is 9.36. The van der Waals surface area contributed by atoms with E-state index in [1.165, 1.54) is 6.07 Å². The Morgan fingerprint density at radius 2 is 1.95 bits per heavy atom. The Bertz CT molecular complexity index is 461. The van der Waals surface area contributed by atoms with Crippen LogP contribution in [0.2, 0.25) is 0 Å². The average Bonchev–Trinajstić information content (AvgIpc) is 2.53. The summed E-state index contributed by atoms with van der Waals surface area (Å²) in [6.45, 7) is 1.84. The van der Waals surface area contributed by atoms with Crippen LogP contribution >= 0.6 is 0 Å². The van der Waals surface area contributed by atoms with Crippen molar-refractivity contribution in [3.05, 3.63) is 35.1 Å². The third kappa shape index (κ3) is 3.93. The molecule has 1 atom stereocenters. The molecule has 1 aliphatic heterocycles. The van der Waals surface area contributed by atoms with Crippen molar-refractivity contribution in [2.24, 2.45) is 0 Å². The summed E-state index contributed by atoms with van der Waals surface area (Å²) in [7, 11) is 0. The van der Waals surface area contributed by atoms with Gasteiger partial charge >= 0.3 is 6.18 Å². The zero-order valence-corrected chi connectivity index (χ0v) is 11.0. The molecular formula is C14H17F4NO. The molecule has 0 unspecified atom stereocenters. The van der Waals surface area contributed by atoms with Gasteiger partial charge in [0.05, 0.1) is 11.7 Å². The van der Waals surface area contributed by atoms with Crippen molar-refractivity contribution >= 4 is 0 Å². The molecule has 1 aromatic carbocycles. The molecule has 0 aromatic heterocycles. The van der Waals surface area contributed by atoms with E-state index in [0.29, 0.717) is 25.1 Å². The van der Waals surface area contributed by atoms with Gasteiger partial charge in [0.1, 0.15) is 5.82 Å². The van der Waals surface area contributed by atoms with E-state index in [2.05, 4.69) is 0 Å². The van der Waals surface area contributed by atoms with Crippen molar-refractivity contribution in [3.63, 3.8) is 0 Å². The van der Waals surface area contributed by atoms with Gasteiger partial charge in [-0.25, -0.2) is 4.39 Å². The van der Waals surface area contributed by atoms with Gasteiger partial charge in [0.2, 0.25) is 0 Å². The Morgan fingerprint density at radius 1 is 1.20 bits per heavy atom. The number of hydrogen-bond donors (Lipinski definition) is 1. The number of aliphatic hydroxyl groups is 1. The van der Waals surface area contributed by atoms with E-state index < -0.39 is 17.6 Å². The first-order valence-electron chi connectivity index (χ1n) is 6.62. The maximum Gasteiger partial charge on any atom is 0.419 e. The molecule has 2 nitrogen and oxygen atoms in total. The van der Waals surface area contributed by atoms with Crippen LogP contribution in [0.4, 0.5) is 17.6 Å². The van der Waals surface area contributed by atoms with E-state index in [4.69, 9.17) is 0 Å². The van der Waals surface area contributed by atoms with E-state index in [9.17, 15) is 22.7 Å². The summed E-state index contributed by atoms with van der Waals surface area (Å²) in [5, 5.41) is 9.53. The number of rotatable bonds is 2. The van der Waals surface area contributed by atoms with Gasteiger partial charge in [-0.05, 0) is 43.5 Å². The molecule has 0 spiro atoms. The molecule has 0 radical (unpaired) electrons. The SMILES string of the molecule is O[C@@H]1CCCN(Cc2ccc(C(F)(F)F)c(F)c2)CC1. The standard InChI is InChI=1S/C14H17F4NO/c15-13-8-10(3-4-12(13)14(16,17)18)9-19-6-1-2-11(20)5-7-19/h3-4,8,11,20H,1-2,5-7,9H2/t11-/m1/s1. The van der Waals surface area contributed by atoms with Crippen molar-refractivity contribution in [1.82, 2.24) is 4.90 Å². The summed E-state index contributed by atoms with van der Waals surface area (Å²) in [4.78, 5) is 2.03. The van der Waals surface area contributed by atoms with Gasteiger partial charge in [-0.2, -0.15) is 13.2 Å². The highest BCUT2D eigenvalue weighted by Crippen LogP contribution is 2.31. The molecule has 0 aliphatic carbocycles. The van der Waals surface area contributed by atoms with Crippen LogP contribution in [0.25, 0.3) is 0 Å². The van der Waals surface area contributed by atoms with Crippen LogP contribution in [0.3, 0.4) is 0 Å². The summed E-state index contributed by atoms with van der Waals surface area (Å²) in [5.41, 5.74) is -0.709. The van der Waals surface area contributed by atoms with Crippen LogP contribution in [0.15, 0.2) is 18.2 Å². The third-order valence-electron chi connectivity index (χ3n) is 3.54. The number of halogens is 4. The Labute approximate surface area is 115 Å². The fourth-order valence-electron chi connectivity index (χ4n) is 2.44. The first-order valence-corrected chi connectivity index (χ1v) is 6.62. The monoisotopic (exact) mass is 291 g/mol. The fraction of sp³-hybridized carbons (Fsp3) is 0.571. The normalized spacial score (nSPS) is 21.8. The number of aliphatic hydroxyl groups excluding tert-OH is 1. The van der Waals surface area contributed by atoms with Crippen LogP contribution < -0.4 is 0 Å². The van der Waals surface area contributed by atoms with Gasteiger partial charge in [-0.3, -0.25) is 4.90 Å². The number of hydrogen-bond acceptors (Lipinski definition) is 2. The molecule has 6 heteroatoms. The van der Waals surface area contributed by atoms with Gasteiger partial charge < -0.3 is 5.11 Å². The van der Waals surface area contributed by atoms with Gasteiger partial charge in [-0.1, -0.05) is 6.07 Å². The summed E-state index contributed by atoms with van der Waals surface area (Å²) in [6, 6.07) is 3.05. The lowest BCUT2D eigenvalue weighted by molar-refractivity contribution is -0.140. The lowest BCUT2D eigenvalue weighted by atomic mass is 10.1. The lowest BCUT2D eigenvalue weighted by Gasteiger charge is -2.20. The summed E-state index contributed by atoms with van der Waals surface area (Å²) >= 11 is 0. The van der Waals surface area contributed by atoms with Crippen molar-refractivity contribution < 1.29 is 22.7 Å². The second-order valence-electron chi connectivity index (χ2n) is 5.17. The van der Waals surface area contributed by atoms with Crippen molar-refractivity contribution in [2.75, 3.05) is 13.1 Å². The van der Waals surface area contributed by atoms with Gasteiger partial charge in [-0.15, -0.1) is 0 Å². The topological polar surface area (TPSA) is 23.5 Å². The largest absolute Gasteiger partial charge is 0.419 e. The highest BCUT2D eigenvalue weighted by Gasteiger charge is 2.33. The van der Waals surface area contributed by atoms with Crippen LogP contribution in [-0.2, 0) is 12.7 Å². The van der Waals surface area contributed by atoms with E-state index in [1.54, 1.807) is 0 Å². The molecule has 112 valence electrons. The Hall–Kier alpha value is -1.14. The zero-order valence-electron chi connectivity index (χ0n) is 11.0. The highest BCUT2D eigenvalue weighted by molar-refractivity contribution is 5.26. The van der Waals surface area contributed by atoms with E-state index >= 15 is 0 Å². The smallest absolute Gasteiger partial charge is 0.393 e. The zero-order chi connectivity index (χ0) is 14.8. The molecule has 0 amide bonds. The minimum absolute atomic E-state index is 0.315. The van der Waals surface area contributed by atoms with Crippen LogP contribution in [0.1, 0.15) is 30.4 Å². The van der Waals surface area contributed by atoms with Gasteiger partial charge in [0, 0.05) is 13.1 Å². The van der Waals surface area contributed by atoms with Crippen LogP contribution in [-0.4, -0.2) is 29.2 Å². The quantitative estimate of drug-likeness (QED) is 0.846. The maximum absolute atomic E-state index is 13.5. The summed E-state index contributed by atoms with van der Waals surface area (Å²) in [6.07, 6.45) is -2.76. The molecule has 0 bridgehead atoms. The third-order valence-corrected chi connectivity index (χ3v) is 3.54.